The number of carbonyl (C=O) groups excluding carboxylic acids is 2. The highest BCUT2D eigenvalue weighted by Gasteiger charge is 2.54. The second-order valence-corrected chi connectivity index (χ2v) is 12.2. The number of furan rings is 1. The Balaban J connectivity index is 1.05. The molecule has 4 heterocycles. The summed E-state index contributed by atoms with van der Waals surface area (Å²) in [5.41, 5.74) is 0.844. The molecule has 3 fully saturated rings. The smallest absolute Gasteiger partial charge is 0.287 e. The van der Waals surface area contributed by atoms with Gasteiger partial charge in [0.15, 0.2) is 11.3 Å². The first-order valence-electron chi connectivity index (χ1n) is 12.1. The van der Waals surface area contributed by atoms with Gasteiger partial charge >= 0.3 is 0 Å². The van der Waals surface area contributed by atoms with E-state index in [1.165, 1.54) is 10.6 Å². The van der Waals surface area contributed by atoms with Gasteiger partial charge in [-0.2, -0.15) is 0 Å². The fraction of sp³-hybridized carbons (Fsp3) is 0.625. The maximum absolute atomic E-state index is 12.8. The Kier molecular flexibility index (Phi) is 6.14. The summed E-state index contributed by atoms with van der Waals surface area (Å²) >= 11 is 0. The van der Waals surface area contributed by atoms with E-state index in [0.29, 0.717) is 43.3 Å². The summed E-state index contributed by atoms with van der Waals surface area (Å²) in [5, 5.41) is 3.88. The molecule has 0 bridgehead atoms. The van der Waals surface area contributed by atoms with Crippen LogP contribution in [-0.4, -0.2) is 73.4 Å². The zero-order chi connectivity index (χ0) is 23.9. The Hall–Kier alpha value is -2.46. The fourth-order valence-electron chi connectivity index (χ4n) is 5.65. The molecule has 9 nitrogen and oxygen atoms in total. The minimum atomic E-state index is -3.14. The van der Waals surface area contributed by atoms with Crippen LogP contribution < -0.4 is 5.32 Å². The topological polar surface area (TPSA) is 113 Å². The summed E-state index contributed by atoms with van der Waals surface area (Å²) in [5.74, 6) is 1.00. The molecule has 184 valence electrons. The van der Waals surface area contributed by atoms with Crippen LogP contribution in [0.1, 0.15) is 49.1 Å². The second kappa shape index (κ2) is 8.96. The molecule has 3 aliphatic rings. The van der Waals surface area contributed by atoms with E-state index in [9.17, 15) is 18.0 Å². The number of rotatable bonds is 6. The molecule has 1 unspecified atom stereocenters. The van der Waals surface area contributed by atoms with Gasteiger partial charge in [0.25, 0.3) is 5.91 Å². The lowest BCUT2D eigenvalue weighted by atomic mass is 9.89. The third-order valence-electron chi connectivity index (χ3n) is 8.03. The molecular weight excluding hydrogens is 456 g/mol. The van der Waals surface area contributed by atoms with E-state index in [-0.39, 0.29) is 23.1 Å². The molecule has 1 N–H and O–H groups in total. The van der Waals surface area contributed by atoms with E-state index in [1.807, 2.05) is 11.0 Å². The molecule has 2 saturated heterocycles. The van der Waals surface area contributed by atoms with Crippen LogP contribution in [0.3, 0.4) is 0 Å². The molecule has 0 radical (unpaired) electrons. The summed E-state index contributed by atoms with van der Waals surface area (Å²) < 4.78 is 30.4. The third kappa shape index (κ3) is 4.84. The highest BCUT2D eigenvalue weighted by molar-refractivity contribution is 7.88. The van der Waals surface area contributed by atoms with Crippen molar-refractivity contribution in [1.29, 1.82) is 0 Å². The third-order valence-corrected chi connectivity index (χ3v) is 9.34. The first kappa shape index (κ1) is 23.3. The molecule has 5 rings (SSSR count). The summed E-state index contributed by atoms with van der Waals surface area (Å²) in [7, 11) is -3.14. The van der Waals surface area contributed by atoms with Gasteiger partial charge in [0.05, 0.1) is 12.5 Å². The Bertz CT molecular complexity index is 1140. The molecule has 1 atom stereocenters. The van der Waals surface area contributed by atoms with Gasteiger partial charge in [-0.3, -0.25) is 14.6 Å². The zero-order valence-electron chi connectivity index (χ0n) is 19.5. The van der Waals surface area contributed by atoms with Gasteiger partial charge < -0.3 is 14.6 Å². The van der Waals surface area contributed by atoms with Crippen LogP contribution in [0.25, 0.3) is 11.0 Å². The number of hydrogen-bond acceptors (Lipinski definition) is 6. The van der Waals surface area contributed by atoms with Crippen LogP contribution in [0.4, 0.5) is 0 Å². The van der Waals surface area contributed by atoms with Crippen LogP contribution in [-0.2, 0) is 14.8 Å². The Morgan fingerprint density at radius 3 is 2.62 bits per heavy atom. The second-order valence-electron chi connectivity index (χ2n) is 10.2. The lowest BCUT2D eigenvalue weighted by molar-refractivity contribution is -0.134. The van der Waals surface area contributed by atoms with Crippen molar-refractivity contribution < 1.29 is 22.4 Å². The van der Waals surface area contributed by atoms with Gasteiger partial charge in [-0.1, -0.05) is 0 Å². The van der Waals surface area contributed by atoms with Crippen molar-refractivity contribution in [2.24, 2.45) is 17.3 Å². The number of nitrogens with one attached hydrogen (secondary N) is 1. The average molecular weight is 489 g/mol. The number of nitrogens with zero attached hydrogens (tertiary/aromatic N) is 3. The molecule has 0 aromatic carbocycles. The number of fused-ring (bicyclic) bond motifs is 1. The summed E-state index contributed by atoms with van der Waals surface area (Å²) in [6.07, 6.45) is 9.57. The van der Waals surface area contributed by atoms with Gasteiger partial charge in [-0.05, 0) is 61.5 Å². The maximum atomic E-state index is 12.8. The van der Waals surface area contributed by atoms with Gasteiger partial charge in [-0.15, -0.1) is 0 Å². The zero-order valence-corrected chi connectivity index (χ0v) is 20.3. The Morgan fingerprint density at radius 2 is 1.94 bits per heavy atom. The summed E-state index contributed by atoms with van der Waals surface area (Å²) in [6, 6.07) is 3.56. The number of carbonyl (C=O) groups is 2. The van der Waals surface area contributed by atoms with E-state index >= 15 is 0 Å². The predicted octanol–water partition coefficient (Wildman–Crippen LogP) is 2.25. The predicted molar refractivity (Wildman–Crippen MR) is 126 cm³/mol. The number of sulfonamides is 1. The SMILES string of the molecule is CS(=O)(=O)N1CCC(CC(=O)N2CCC3(CC2)CC3CNC(=O)c2cc3ccncc3o2)CC1. The van der Waals surface area contributed by atoms with E-state index in [0.717, 1.165) is 50.6 Å². The maximum Gasteiger partial charge on any atom is 0.287 e. The highest BCUT2D eigenvalue weighted by atomic mass is 32.2. The van der Waals surface area contributed by atoms with Crippen molar-refractivity contribution in [2.75, 3.05) is 39.0 Å². The number of hydrogen-bond donors (Lipinski definition) is 1. The molecule has 10 heteroatoms. The molecule has 2 aromatic rings. The van der Waals surface area contributed by atoms with Gasteiger partial charge in [-0.25, -0.2) is 12.7 Å². The highest BCUT2D eigenvalue weighted by Crippen LogP contribution is 2.59. The van der Waals surface area contributed by atoms with E-state index < -0.39 is 10.0 Å². The quantitative estimate of drug-likeness (QED) is 0.667. The van der Waals surface area contributed by atoms with Crippen LogP contribution in [0, 0.1) is 17.3 Å². The Labute approximate surface area is 199 Å². The standard InChI is InChI=1S/C24H32N4O5S/c1-34(31,32)28-8-3-17(4-9-28)12-22(29)27-10-5-24(6-11-27)14-19(24)15-26-23(30)20-13-18-2-7-25-16-21(18)33-20/h2,7,13,16-17,19H,3-6,8-12,14-15H2,1H3,(H,26,30). The molecule has 34 heavy (non-hydrogen) atoms. The molecule has 1 aliphatic carbocycles. The Morgan fingerprint density at radius 1 is 1.21 bits per heavy atom. The monoisotopic (exact) mass is 488 g/mol. The minimum absolute atomic E-state index is 0.192. The van der Waals surface area contributed by atoms with Crippen molar-refractivity contribution >= 4 is 32.8 Å². The normalized spacial score (nSPS) is 23.3. The van der Waals surface area contributed by atoms with E-state index in [1.54, 1.807) is 18.5 Å². The van der Waals surface area contributed by atoms with Gasteiger partial charge in [0, 0.05) is 50.7 Å². The lowest BCUT2D eigenvalue weighted by Gasteiger charge is -2.35. The summed E-state index contributed by atoms with van der Waals surface area (Å²) in [4.78, 5) is 31.3. The average Bonchev–Trinajstić information content (AvgIpc) is 3.29. The van der Waals surface area contributed by atoms with Crippen molar-refractivity contribution in [2.45, 2.75) is 38.5 Å². The summed E-state index contributed by atoms with van der Waals surface area (Å²) in [6.45, 7) is 3.18. The molecule has 1 spiro atoms. The van der Waals surface area contributed by atoms with Crippen molar-refractivity contribution in [3.8, 4) is 0 Å². The van der Waals surface area contributed by atoms with Crippen LogP contribution in [0.2, 0.25) is 0 Å². The molecular formula is C24H32N4O5S. The van der Waals surface area contributed by atoms with Crippen LogP contribution >= 0.6 is 0 Å². The lowest BCUT2D eigenvalue weighted by Crippen LogP contribution is -2.42. The number of amides is 2. The molecule has 1 saturated carbocycles. The number of aromatic nitrogens is 1. The first-order valence-corrected chi connectivity index (χ1v) is 13.9. The number of piperidine rings is 2. The van der Waals surface area contributed by atoms with Crippen LogP contribution in [0.15, 0.2) is 28.9 Å². The molecule has 2 amide bonds. The number of likely N-dealkylation sites (tertiary alicyclic amines) is 1. The number of pyridine rings is 1. The van der Waals surface area contributed by atoms with Crippen molar-refractivity contribution in [3.05, 3.63) is 30.3 Å². The van der Waals surface area contributed by atoms with Gasteiger partial charge in [0.2, 0.25) is 15.9 Å². The van der Waals surface area contributed by atoms with E-state index in [2.05, 4.69) is 10.3 Å². The van der Waals surface area contributed by atoms with Crippen LogP contribution in [0.5, 0.6) is 0 Å². The fourth-order valence-corrected chi connectivity index (χ4v) is 6.53. The molecule has 2 aromatic heterocycles. The van der Waals surface area contributed by atoms with Crippen molar-refractivity contribution in [3.63, 3.8) is 0 Å². The van der Waals surface area contributed by atoms with Gasteiger partial charge in [0.1, 0.15) is 0 Å². The largest absolute Gasteiger partial charge is 0.449 e. The first-order chi connectivity index (χ1) is 16.2. The minimum Gasteiger partial charge on any atom is -0.449 e. The molecule has 2 aliphatic heterocycles. The van der Waals surface area contributed by atoms with Crippen molar-refractivity contribution in [1.82, 2.24) is 19.5 Å². The van der Waals surface area contributed by atoms with E-state index in [4.69, 9.17) is 4.42 Å².